The van der Waals surface area contributed by atoms with Gasteiger partial charge in [0.2, 0.25) is 0 Å². The molecular weight excluding hydrogens is 390 g/mol. The van der Waals surface area contributed by atoms with Crippen LogP contribution in [-0.4, -0.2) is 63.1 Å². The number of nitro groups is 1. The van der Waals surface area contributed by atoms with Crippen molar-refractivity contribution in [1.29, 1.82) is 0 Å². The van der Waals surface area contributed by atoms with Crippen LogP contribution in [0.1, 0.15) is 16.7 Å². The fourth-order valence-corrected chi connectivity index (χ4v) is 3.12. The summed E-state index contributed by atoms with van der Waals surface area (Å²) in [5.41, 5.74) is 4.04. The van der Waals surface area contributed by atoms with Gasteiger partial charge in [0.1, 0.15) is 0 Å². The Morgan fingerprint density at radius 2 is 1.40 bits per heavy atom. The van der Waals surface area contributed by atoms with E-state index in [0.717, 1.165) is 44.8 Å². The number of carboxylic acids is 2. The first-order chi connectivity index (χ1) is 14.3. The van der Waals surface area contributed by atoms with E-state index in [4.69, 9.17) is 19.8 Å². The van der Waals surface area contributed by atoms with E-state index in [0.29, 0.717) is 0 Å². The second-order valence-corrected chi connectivity index (χ2v) is 7.01. The number of aryl methyl sites for hydroxylation is 1. The zero-order valence-electron chi connectivity index (χ0n) is 16.7. The molecule has 0 unspecified atom stereocenters. The van der Waals surface area contributed by atoms with Crippen LogP contribution < -0.4 is 0 Å². The number of benzene rings is 2. The average molecular weight is 415 g/mol. The zero-order chi connectivity index (χ0) is 22.1. The fourth-order valence-electron chi connectivity index (χ4n) is 3.12. The Morgan fingerprint density at radius 3 is 1.87 bits per heavy atom. The monoisotopic (exact) mass is 415 g/mol. The Bertz CT molecular complexity index is 865. The van der Waals surface area contributed by atoms with Crippen LogP contribution in [0.4, 0.5) is 5.69 Å². The van der Waals surface area contributed by atoms with Crippen LogP contribution in [0.2, 0.25) is 0 Å². The minimum absolute atomic E-state index is 0.154. The van der Waals surface area contributed by atoms with Gasteiger partial charge in [0, 0.05) is 51.4 Å². The number of aliphatic carboxylic acids is 2. The van der Waals surface area contributed by atoms with Gasteiger partial charge < -0.3 is 10.2 Å². The maximum atomic E-state index is 10.7. The number of nitrogens with zero attached hydrogens (tertiary/aromatic N) is 3. The first-order valence-electron chi connectivity index (χ1n) is 9.45. The lowest BCUT2D eigenvalue weighted by Crippen LogP contribution is -2.45. The Kier molecular flexibility index (Phi) is 8.45. The highest BCUT2D eigenvalue weighted by Gasteiger charge is 2.17. The van der Waals surface area contributed by atoms with Gasteiger partial charge in [-0.15, -0.1) is 0 Å². The van der Waals surface area contributed by atoms with E-state index in [1.54, 1.807) is 12.1 Å². The highest BCUT2D eigenvalue weighted by atomic mass is 16.6. The predicted octanol–water partition coefficient (Wildman–Crippen LogP) is 2.38. The largest absolute Gasteiger partial charge is 0.473 e. The third kappa shape index (κ3) is 7.26. The Balaban J connectivity index is 0.000000469. The summed E-state index contributed by atoms with van der Waals surface area (Å²) in [5.74, 6) is -3.65. The van der Waals surface area contributed by atoms with Crippen LogP contribution in [-0.2, 0) is 22.7 Å². The summed E-state index contributed by atoms with van der Waals surface area (Å²) in [5, 5.41) is 25.5. The molecule has 0 amide bonds. The van der Waals surface area contributed by atoms with Crippen molar-refractivity contribution in [2.75, 3.05) is 26.2 Å². The van der Waals surface area contributed by atoms with Crippen molar-refractivity contribution in [1.82, 2.24) is 9.80 Å². The van der Waals surface area contributed by atoms with Gasteiger partial charge in [0.05, 0.1) is 4.92 Å². The third-order valence-electron chi connectivity index (χ3n) is 4.86. The van der Waals surface area contributed by atoms with Gasteiger partial charge in [-0.25, -0.2) is 9.59 Å². The van der Waals surface area contributed by atoms with Crippen molar-refractivity contribution in [2.24, 2.45) is 0 Å². The lowest BCUT2D eigenvalue weighted by Gasteiger charge is -2.35. The minimum Gasteiger partial charge on any atom is -0.473 e. The lowest BCUT2D eigenvalue weighted by atomic mass is 10.1. The van der Waals surface area contributed by atoms with E-state index >= 15 is 0 Å². The second kappa shape index (κ2) is 11.0. The molecule has 9 heteroatoms. The van der Waals surface area contributed by atoms with Crippen molar-refractivity contribution in [3.63, 3.8) is 0 Å². The number of piperazine rings is 1. The molecule has 0 radical (unpaired) electrons. The topological polar surface area (TPSA) is 124 Å². The standard InChI is InChI=1S/C19H23N3O2.C2H2O4/c1-16-4-2-3-5-18(16)15-21-12-10-20(11-13-21)14-17-6-8-19(9-7-17)22(23)24;3-1(4)2(5)6/h2-9H,10-15H2,1H3;(H,3,4)(H,5,6). The van der Waals surface area contributed by atoms with E-state index in [-0.39, 0.29) is 10.6 Å². The summed E-state index contributed by atoms with van der Waals surface area (Å²) < 4.78 is 0. The van der Waals surface area contributed by atoms with Gasteiger partial charge in [0.25, 0.3) is 5.69 Å². The summed E-state index contributed by atoms with van der Waals surface area (Å²) >= 11 is 0. The molecule has 3 rings (SSSR count). The maximum Gasteiger partial charge on any atom is 0.414 e. The Morgan fingerprint density at radius 1 is 0.900 bits per heavy atom. The van der Waals surface area contributed by atoms with Gasteiger partial charge in [0.15, 0.2) is 0 Å². The molecule has 1 heterocycles. The van der Waals surface area contributed by atoms with Crippen LogP contribution in [0.5, 0.6) is 0 Å². The average Bonchev–Trinajstić information content (AvgIpc) is 2.72. The van der Waals surface area contributed by atoms with E-state index in [1.165, 1.54) is 11.1 Å². The molecule has 2 aromatic carbocycles. The highest BCUT2D eigenvalue weighted by Crippen LogP contribution is 2.16. The molecule has 2 N–H and O–H groups in total. The number of hydrogen-bond acceptors (Lipinski definition) is 6. The molecular formula is C21H25N3O6. The molecule has 0 spiro atoms. The summed E-state index contributed by atoms with van der Waals surface area (Å²) in [6, 6.07) is 15.5. The first-order valence-corrected chi connectivity index (χ1v) is 9.45. The predicted molar refractivity (Wildman–Crippen MR) is 110 cm³/mol. The van der Waals surface area contributed by atoms with E-state index in [2.05, 4.69) is 41.0 Å². The Hall–Kier alpha value is -3.30. The second-order valence-electron chi connectivity index (χ2n) is 7.01. The first kappa shape index (κ1) is 23.0. The van der Waals surface area contributed by atoms with E-state index in [1.807, 2.05) is 12.1 Å². The molecule has 0 aliphatic carbocycles. The molecule has 0 atom stereocenters. The highest BCUT2D eigenvalue weighted by molar-refractivity contribution is 6.27. The maximum absolute atomic E-state index is 10.7. The van der Waals surface area contributed by atoms with Gasteiger partial charge in [-0.05, 0) is 23.6 Å². The molecule has 1 fully saturated rings. The SMILES string of the molecule is Cc1ccccc1CN1CCN(Cc2ccc([N+](=O)[O-])cc2)CC1.O=C(O)C(=O)O. The van der Waals surface area contributed by atoms with Crippen molar-refractivity contribution < 1.29 is 24.7 Å². The van der Waals surface area contributed by atoms with Crippen LogP contribution >= 0.6 is 0 Å². The summed E-state index contributed by atoms with van der Waals surface area (Å²) in [6.45, 7) is 8.21. The van der Waals surface area contributed by atoms with E-state index < -0.39 is 11.9 Å². The van der Waals surface area contributed by atoms with Gasteiger partial charge in [-0.2, -0.15) is 0 Å². The molecule has 1 aliphatic rings. The molecule has 1 aliphatic heterocycles. The molecule has 160 valence electrons. The Labute approximate surface area is 174 Å². The van der Waals surface area contributed by atoms with Gasteiger partial charge in [-0.1, -0.05) is 36.4 Å². The van der Waals surface area contributed by atoms with Crippen molar-refractivity contribution >= 4 is 17.6 Å². The number of carboxylic acid groups (broad SMARTS) is 2. The molecule has 9 nitrogen and oxygen atoms in total. The minimum atomic E-state index is -1.82. The number of rotatable bonds is 5. The van der Waals surface area contributed by atoms with Gasteiger partial charge >= 0.3 is 11.9 Å². The van der Waals surface area contributed by atoms with Crippen LogP contribution in [0.25, 0.3) is 0 Å². The number of non-ortho nitro benzene ring substituents is 1. The number of carbonyl (C=O) groups is 2. The molecule has 0 saturated carbocycles. The number of hydrogen-bond donors (Lipinski definition) is 2. The molecule has 1 saturated heterocycles. The summed E-state index contributed by atoms with van der Waals surface area (Å²) in [4.78, 5) is 33.5. The molecule has 0 aromatic heterocycles. The summed E-state index contributed by atoms with van der Waals surface area (Å²) in [6.07, 6.45) is 0. The zero-order valence-corrected chi connectivity index (χ0v) is 16.7. The molecule has 0 bridgehead atoms. The van der Waals surface area contributed by atoms with Crippen molar-refractivity contribution in [3.05, 3.63) is 75.3 Å². The van der Waals surface area contributed by atoms with Crippen molar-refractivity contribution in [3.8, 4) is 0 Å². The third-order valence-corrected chi connectivity index (χ3v) is 4.86. The van der Waals surface area contributed by atoms with Gasteiger partial charge in [-0.3, -0.25) is 19.9 Å². The van der Waals surface area contributed by atoms with Crippen LogP contribution in [0.3, 0.4) is 0 Å². The molecule has 30 heavy (non-hydrogen) atoms. The lowest BCUT2D eigenvalue weighted by molar-refractivity contribution is -0.384. The van der Waals surface area contributed by atoms with Crippen LogP contribution in [0.15, 0.2) is 48.5 Å². The smallest absolute Gasteiger partial charge is 0.414 e. The quantitative estimate of drug-likeness (QED) is 0.433. The van der Waals surface area contributed by atoms with E-state index in [9.17, 15) is 10.1 Å². The summed E-state index contributed by atoms with van der Waals surface area (Å²) in [7, 11) is 0. The van der Waals surface area contributed by atoms with Crippen LogP contribution in [0, 0.1) is 17.0 Å². The molecule has 2 aromatic rings. The van der Waals surface area contributed by atoms with Crippen molar-refractivity contribution in [2.45, 2.75) is 20.0 Å². The fraction of sp³-hybridized carbons (Fsp3) is 0.333. The normalized spacial score (nSPS) is 14.4. The number of nitro benzene ring substituents is 1.